The summed E-state index contributed by atoms with van der Waals surface area (Å²) in [6.07, 6.45) is 2.54. The van der Waals surface area contributed by atoms with Crippen molar-refractivity contribution in [3.8, 4) is 0 Å². The highest BCUT2D eigenvalue weighted by Crippen LogP contribution is 2.27. The lowest BCUT2D eigenvalue weighted by Gasteiger charge is -2.13. The minimum atomic E-state index is -0.876. The van der Waals surface area contributed by atoms with Crippen LogP contribution in [0.4, 0.5) is 4.39 Å². The zero-order valence-corrected chi connectivity index (χ0v) is 16.0. The first-order valence-electron chi connectivity index (χ1n) is 8.97. The molecule has 0 saturated carbocycles. The summed E-state index contributed by atoms with van der Waals surface area (Å²) in [5.74, 6) is -0.970. The fourth-order valence-electron chi connectivity index (χ4n) is 3.00. The standard InChI is InChI=1S/C21H22FNO3S/c1-14(21(25)23-12-15-5-8-18(22)9-6-15)26-20(24)13-27-19-10-7-16-3-2-4-17(16)11-19/h5-11,14H,2-4,12-13H2,1H3,(H,23,25)/t14-/m0/s1. The van der Waals surface area contributed by atoms with Crippen molar-refractivity contribution in [2.75, 3.05) is 5.75 Å². The third-order valence-electron chi connectivity index (χ3n) is 4.48. The molecule has 0 bridgehead atoms. The average molecular weight is 387 g/mol. The van der Waals surface area contributed by atoms with E-state index in [1.54, 1.807) is 12.1 Å². The zero-order valence-electron chi connectivity index (χ0n) is 15.2. The van der Waals surface area contributed by atoms with Crippen molar-refractivity contribution in [2.45, 2.75) is 43.7 Å². The number of ether oxygens (including phenoxy) is 1. The fourth-order valence-corrected chi connectivity index (χ4v) is 3.74. The molecule has 0 unspecified atom stereocenters. The van der Waals surface area contributed by atoms with Crippen molar-refractivity contribution in [3.05, 3.63) is 65.0 Å². The van der Waals surface area contributed by atoms with E-state index in [1.807, 2.05) is 6.07 Å². The Labute approximate surface area is 162 Å². The minimum absolute atomic E-state index is 0.161. The van der Waals surface area contributed by atoms with Crippen molar-refractivity contribution in [1.29, 1.82) is 0 Å². The summed E-state index contributed by atoms with van der Waals surface area (Å²) in [6, 6.07) is 12.2. The number of halogens is 1. The van der Waals surface area contributed by atoms with Crippen molar-refractivity contribution in [1.82, 2.24) is 5.32 Å². The Balaban J connectivity index is 1.41. The molecular formula is C21H22FNO3S. The quantitative estimate of drug-likeness (QED) is 0.582. The molecule has 0 aromatic heterocycles. The number of amides is 1. The van der Waals surface area contributed by atoms with Crippen LogP contribution >= 0.6 is 11.8 Å². The number of hydrogen-bond donors (Lipinski definition) is 1. The molecule has 0 radical (unpaired) electrons. The van der Waals surface area contributed by atoms with E-state index in [1.165, 1.54) is 48.4 Å². The average Bonchev–Trinajstić information content (AvgIpc) is 3.13. The smallest absolute Gasteiger partial charge is 0.317 e. The van der Waals surface area contributed by atoms with E-state index in [0.717, 1.165) is 23.3 Å². The molecule has 27 heavy (non-hydrogen) atoms. The number of fused-ring (bicyclic) bond motifs is 1. The van der Waals surface area contributed by atoms with E-state index in [-0.39, 0.29) is 24.0 Å². The van der Waals surface area contributed by atoms with Gasteiger partial charge in [0.25, 0.3) is 5.91 Å². The first-order valence-corrected chi connectivity index (χ1v) is 9.96. The molecule has 1 aliphatic carbocycles. The van der Waals surface area contributed by atoms with Gasteiger partial charge in [-0.05, 0) is 67.1 Å². The van der Waals surface area contributed by atoms with Gasteiger partial charge in [0.2, 0.25) is 0 Å². The molecule has 1 N–H and O–H groups in total. The van der Waals surface area contributed by atoms with Crippen LogP contribution < -0.4 is 5.32 Å². The van der Waals surface area contributed by atoms with Crippen LogP contribution in [0.1, 0.15) is 30.0 Å². The molecule has 1 atom stereocenters. The van der Waals surface area contributed by atoms with Crippen LogP contribution in [0.2, 0.25) is 0 Å². The van der Waals surface area contributed by atoms with E-state index in [0.29, 0.717) is 0 Å². The van der Waals surface area contributed by atoms with E-state index >= 15 is 0 Å². The van der Waals surface area contributed by atoms with Crippen LogP contribution in [-0.2, 0) is 33.7 Å². The molecule has 4 nitrogen and oxygen atoms in total. The predicted molar refractivity (Wildman–Crippen MR) is 103 cm³/mol. The second-order valence-corrected chi connectivity index (χ2v) is 7.60. The maximum atomic E-state index is 12.9. The van der Waals surface area contributed by atoms with Gasteiger partial charge in [0.15, 0.2) is 6.10 Å². The largest absolute Gasteiger partial charge is 0.452 e. The van der Waals surface area contributed by atoms with Crippen molar-refractivity contribution >= 4 is 23.6 Å². The van der Waals surface area contributed by atoms with Gasteiger partial charge in [-0.1, -0.05) is 18.2 Å². The van der Waals surface area contributed by atoms with Crippen molar-refractivity contribution in [3.63, 3.8) is 0 Å². The lowest BCUT2D eigenvalue weighted by Crippen LogP contribution is -2.35. The maximum absolute atomic E-state index is 12.9. The summed E-state index contributed by atoms with van der Waals surface area (Å²) >= 11 is 1.42. The number of carbonyl (C=O) groups is 2. The second-order valence-electron chi connectivity index (χ2n) is 6.55. The van der Waals surface area contributed by atoms with Gasteiger partial charge in [-0.15, -0.1) is 11.8 Å². The topological polar surface area (TPSA) is 55.4 Å². The van der Waals surface area contributed by atoms with Gasteiger partial charge in [-0.2, -0.15) is 0 Å². The summed E-state index contributed by atoms with van der Waals surface area (Å²) in [5, 5.41) is 2.68. The molecule has 142 valence electrons. The summed E-state index contributed by atoms with van der Waals surface area (Å²) in [5.41, 5.74) is 3.53. The van der Waals surface area contributed by atoms with Crippen molar-refractivity contribution in [2.24, 2.45) is 0 Å². The third-order valence-corrected chi connectivity index (χ3v) is 5.45. The summed E-state index contributed by atoms with van der Waals surface area (Å²) < 4.78 is 18.1. The van der Waals surface area contributed by atoms with Crippen LogP contribution in [0.3, 0.4) is 0 Å². The zero-order chi connectivity index (χ0) is 19.2. The van der Waals surface area contributed by atoms with Gasteiger partial charge in [0.1, 0.15) is 5.82 Å². The Morgan fingerprint density at radius 2 is 1.89 bits per heavy atom. The Morgan fingerprint density at radius 3 is 2.67 bits per heavy atom. The summed E-state index contributed by atoms with van der Waals surface area (Å²) in [6.45, 7) is 1.79. The van der Waals surface area contributed by atoms with E-state index < -0.39 is 12.1 Å². The van der Waals surface area contributed by atoms with Gasteiger partial charge >= 0.3 is 5.97 Å². The number of thioether (sulfide) groups is 1. The molecule has 2 aromatic carbocycles. The van der Waals surface area contributed by atoms with Crippen LogP contribution in [-0.4, -0.2) is 23.7 Å². The molecule has 2 aromatic rings. The maximum Gasteiger partial charge on any atom is 0.317 e. The Bertz CT molecular complexity index is 823. The third kappa shape index (κ3) is 5.57. The molecule has 6 heteroatoms. The Morgan fingerprint density at radius 1 is 1.15 bits per heavy atom. The van der Waals surface area contributed by atoms with Crippen molar-refractivity contribution < 1.29 is 18.7 Å². The minimum Gasteiger partial charge on any atom is -0.452 e. The summed E-state index contributed by atoms with van der Waals surface area (Å²) in [4.78, 5) is 25.1. The molecule has 3 rings (SSSR count). The molecule has 1 amide bonds. The molecule has 0 saturated heterocycles. The SMILES string of the molecule is C[C@H](OC(=O)CSc1ccc2c(c1)CCC2)C(=O)NCc1ccc(F)cc1. The molecule has 0 heterocycles. The van der Waals surface area contributed by atoms with Crippen LogP contribution in [0.15, 0.2) is 47.4 Å². The number of esters is 1. The van der Waals surface area contributed by atoms with Crippen LogP contribution in [0, 0.1) is 5.82 Å². The highest BCUT2D eigenvalue weighted by molar-refractivity contribution is 8.00. The van der Waals surface area contributed by atoms with Gasteiger partial charge < -0.3 is 10.1 Å². The van der Waals surface area contributed by atoms with Crippen LogP contribution in [0.25, 0.3) is 0 Å². The van der Waals surface area contributed by atoms with Gasteiger partial charge in [-0.3, -0.25) is 9.59 Å². The lowest BCUT2D eigenvalue weighted by atomic mass is 10.1. The highest BCUT2D eigenvalue weighted by Gasteiger charge is 2.18. The first-order chi connectivity index (χ1) is 13.0. The monoisotopic (exact) mass is 387 g/mol. The number of carbonyl (C=O) groups excluding carboxylic acids is 2. The van der Waals surface area contributed by atoms with E-state index in [9.17, 15) is 14.0 Å². The molecule has 0 fully saturated rings. The molecule has 1 aliphatic rings. The normalized spacial score (nSPS) is 13.7. The molecule has 0 aliphatic heterocycles. The number of aryl methyl sites for hydroxylation is 2. The predicted octanol–water partition coefficient (Wildman–Crippen LogP) is 3.65. The Kier molecular flexibility index (Phi) is 6.50. The number of benzene rings is 2. The highest BCUT2D eigenvalue weighted by atomic mass is 32.2. The first kappa shape index (κ1) is 19.4. The van der Waals surface area contributed by atoms with Gasteiger partial charge in [0.05, 0.1) is 5.75 Å². The second kappa shape index (κ2) is 9.04. The van der Waals surface area contributed by atoms with Gasteiger partial charge in [-0.25, -0.2) is 4.39 Å². The Hall–Kier alpha value is -2.34. The molecular weight excluding hydrogens is 365 g/mol. The van der Waals surface area contributed by atoms with Gasteiger partial charge in [0, 0.05) is 11.4 Å². The molecule has 0 spiro atoms. The van der Waals surface area contributed by atoms with E-state index in [2.05, 4.69) is 17.4 Å². The fraction of sp³-hybridized carbons (Fsp3) is 0.333. The number of nitrogens with one attached hydrogen (secondary N) is 1. The lowest BCUT2D eigenvalue weighted by molar-refractivity contribution is -0.152. The van der Waals surface area contributed by atoms with E-state index in [4.69, 9.17) is 4.74 Å². The van der Waals surface area contributed by atoms with Crippen LogP contribution in [0.5, 0.6) is 0 Å². The number of rotatable bonds is 7. The summed E-state index contributed by atoms with van der Waals surface area (Å²) in [7, 11) is 0. The number of hydrogen-bond acceptors (Lipinski definition) is 4.